The number of rotatable bonds is 5. The first-order valence-corrected chi connectivity index (χ1v) is 8.22. The first kappa shape index (κ1) is 15.4. The zero-order valence-electron chi connectivity index (χ0n) is 12.1. The molecule has 0 aromatic heterocycles. The van der Waals surface area contributed by atoms with E-state index in [2.05, 4.69) is 0 Å². The Balaban J connectivity index is 2.50. The third kappa shape index (κ3) is 3.55. The molecule has 0 atom stereocenters. The van der Waals surface area contributed by atoms with Crippen molar-refractivity contribution in [1.82, 2.24) is 0 Å². The molecule has 0 unspecified atom stereocenters. The summed E-state index contributed by atoms with van der Waals surface area (Å²) in [6, 6.07) is 14.6. The normalized spacial score (nSPS) is 11.6. The maximum absolute atomic E-state index is 12.8. The number of benzene rings is 2. The summed E-state index contributed by atoms with van der Waals surface area (Å²) in [6.07, 6.45) is 0. The fourth-order valence-electron chi connectivity index (χ4n) is 2.04. The molecule has 4 nitrogen and oxygen atoms in total. The Morgan fingerprint density at radius 2 is 1.71 bits per heavy atom. The molecule has 0 aliphatic carbocycles. The summed E-state index contributed by atoms with van der Waals surface area (Å²) in [5.74, 6) is 0.204. The van der Waals surface area contributed by atoms with Gasteiger partial charge in [0.15, 0.2) is 0 Å². The van der Waals surface area contributed by atoms with Gasteiger partial charge in [-0.2, -0.15) is 0 Å². The molecular weight excluding hydrogens is 286 g/mol. The maximum Gasteiger partial charge on any atom is 0.264 e. The van der Waals surface area contributed by atoms with E-state index in [0.717, 1.165) is 0 Å². The number of hydrogen-bond donors (Lipinski definition) is 1. The van der Waals surface area contributed by atoms with Gasteiger partial charge in [0.05, 0.1) is 10.6 Å². The lowest BCUT2D eigenvalue weighted by atomic mass is 10.2. The zero-order valence-corrected chi connectivity index (χ0v) is 12.9. The second-order valence-electron chi connectivity index (χ2n) is 5.26. The van der Waals surface area contributed by atoms with Crippen molar-refractivity contribution in [3.05, 3.63) is 54.6 Å². The molecule has 0 radical (unpaired) electrons. The van der Waals surface area contributed by atoms with Crippen molar-refractivity contribution < 1.29 is 13.5 Å². The largest absolute Gasteiger partial charge is 0.508 e. The van der Waals surface area contributed by atoms with Crippen LogP contribution in [0.15, 0.2) is 59.5 Å². The maximum atomic E-state index is 12.8. The van der Waals surface area contributed by atoms with Gasteiger partial charge in [-0.25, -0.2) is 8.42 Å². The number of nitrogens with zero attached hydrogens (tertiary/aromatic N) is 1. The van der Waals surface area contributed by atoms with Crippen LogP contribution in [0.2, 0.25) is 0 Å². The molecule has 0 saturated heterocycles. The van der Waals surface area contributed by atoms with Crippen molar-refractivity contribution >= 4 is 15.7 Å². The van der Waals surface area contributed by atoms with Gasteiger partial charge in [0.1, 0.15) is 5.75 Å². The second kappa shape index (κ2) is 6.18. The van der Waals surface area contributed by atoms with Crippen molar-refractivity contribution in [1.29, 1.82) is 0 Å². The summed E-state index contributed by atoms with van der Waals surface area (Å²) in [5.41, 5.74) is 0.465. The van der Waals surface area contributed by atoms with Gasteiger partial charge >= 0.3 is 0 Å². The predicted octanol–water partition coefficient (Wildman–Crippen LogP) is 3.24. The lowest BCUT2D eigenvalue weighted by Crippen LogP contribution is -2.34. The van der Waals surface area contributed by atoms with Crippen molar-refractivity contribution in [2.45, 2.75) is 18.7 Å². The Morgan fingerprint density at radius 3 is 2.29 bits per heavy atom. The van der Waals surface area contributed by atoms with Crippen molar-refractivity contribution in [3.63, 3.8) is 0 Å². The standard InChI is InChI=1S/C16H19NO3S/c1-13(2)12-17(14-7-6-8-15(18)11-14)21(19,20)16-9-4-3-5-10-16/h3-11,13,18H,12H2,1-2H3. The monoisotopic (exact) mass is 305 g/mol. The molecule has 0 amide bonds. The third-order valence-corrected chi connectivity index (χ3v) is 4.79. The van der Waals surface area contributed by atoms with E-state index in [0.29, 0.717) is 12.2 Å². The number of hydrogen-bond acceptors (Lipinski definition) is 3. The molecule has 1 N–H and O–H groups in total. The van der Waals surface area contributed by atoms with E-state index in [1.807, 2.05) is 13.8 Å². The Hall–Kier alpha value is -2.01. The highest BCUT2D eigenvalue weighted by atomic mass is 32.2. The molecule has 0 spiro atoms. The van der Waals surface area contributed by atoms with Gasteiger partial charge in [0, 0.05) is 12.6 Å². The van der Waals surface area contributed by atoms with Gasteiger partial charge in [-0.3, -0.25) is 4.31 Å². The van der Waals surface area contributed by atoms with Crippen LogP contribution in [-0.4, -0.2) is 20.1 Å². The number of aromatic hydroxyl groups is 1. The topological polar surface area (TPSA) is 57.6 Å². The lowest BCUT2D eigenvalue weighted by molar-refractivity contribution is 0.475. The van der Waals surface area contributed by atoms with Crippen LogP contribution in [-0.2, 0) is 10.0 Å². The average Bonchev–Trinajstić information content (AvgIpc) is 2.45. The van der Waals surface area contributed by atoms with Gasteiger partial charge in [0.25, 0.3) is 10.0 Å². The highest BCUT2D eigenvalue weighted by molar-refractivity contribution is 7.92. The molecule has 112 valence electrons. The fraction of sp³-hybridized carbons (Fsp3) is 0.250. The Kier molecular flexibility index (Phi) is 4.53. The Labute approximate surface area is 125 Å². The summed E-state index contributed by atoms with van der Waals surface area (Å²) >= 11 is 0. The van der Waals surface area contributed by atoms with Crippen molar-refractivity contribution in [2.24, 2.45) is 5.92 Å². The quantitative estimate of drug-likeness (QED) is 0.922. The minimum Gasteiger partial charge on any atom is -0.508 e. The van der Waals surface area contributed by atoms with Crippen molar-refractivity contribution in [2.75, 3.05) is 10.8 Å². The fourth-order valence-corrected chi connectivity index (χ4v) is 3.68. The van der Waals surface area contributed by atoms with Crippen LogP contribution in [0.3, 0.4) is 0 Å². The molecule has 2 rings (SSSR count). The van der Waals surface area contributed by atoms with Crippen LogP contribution in [0.5, 0.6) is 5.75 Å². The SMILES string of the molecule is CC(C)CN(c1cccc(O)c1)S(=O)(=O)c1ccccc1. The van der Waals surface area contributed by atoms with Crippen molar-refractivity contribution in [3.8, 4) is 5.75 Å². The number of anilines is 1. The van der Waals surface area contributed by atoms with E-state index in [9.17, 15) is 13.5 Å². The summed E-state index contributed by atoms with van der Waals surface area (Å²) < 4.78 is 27.0. The second-order valence-corrected chi connectivity index (χ2v) is 7.13. The summed E-state index contributed by atoms with van der Waals surface area (Å²) in [6.45, 7) is 4.26. The molecule has 2 aromatic carbocycles. The summed E-state index contributed by atoms with van der Waals surface area (Å²) in [7, 11) is -3.64. The lowest BCUT2D eigenvalue weighted by Gasteiger charge is -2.26. The zero-order chi connectivity index (χ0) is 15.5. The molecule has 0 bridgehead atoms. The smallest absolute Gasteiger partial charge is 0.264 e. The van der Waals surface area contributed by atoms with Crippen LogP contribution < -0.4 is 4.31 Å². The van der Waals surface area contributed by atoms with E-state index in [1.165, 1.54) is 16.4 Å². The van der Waals surface area contributed by atoms with E-state index < -0.39 is 10.0 Å². The van der Waals surface area contributed by atoms with Gasteiger partial charge in [0.2, 0.25) is 0 Å². The van der Waals surface area contributed by atoms with Gasteiger partial charge in [-0.15, -0.1) is 0 Å². The van der Waals surface area contributed by atoms with Crippen LogP contribution in [0, 0.1) is 5.92 Å². The highest BCUT2D eigenvalue weighted by Gasteiger charge is 2.25. The molecule has 0 heterocycles. The first-order valence-electron chi connectivity index (χ1n) is 6.78. The Morgan fingerprint density at radius 1 is 1.05 bits per heavy atom. The average molecular weight is 305 g/mol. The van der Waals surface area contributed by atoms with Gasteiger partial charge in [-0.1, -0.05) is 38.1 Å². The van der Waals surface area contributed by atoms with Crippen LogP contribution in [0.25, 0.3) is 0 Å². The highest BCUT2D eigenvalue weighted by Crippen LogP contribution is 2.27. The number of phenols is 1. The minimum absolute atomic E-state index is 0.0458. The van der Waals surface area contributed by atoms with Crippen LogP contribution >= 0.6 is 0 Å². The Bertz CT molecular complexity index is 696. The molecular formula is C16H19NO3S. The minimum atomic E-state index is -3.64. The molecule has 0 aliphatic heterocycles. The van der Waals surface area contributed by atoms with E-state index in [4.69, 9.17) is 0 Å². The van der Waals surface area contributed by atoms with Crippen LogP contribution in [0.4, 0.5) is 5.69 Å². The van der Waals surface area contributed by atoms with E-state index >= 15 is 0 Å². The molecule has 2 aromatic rings. The molecule has 21 heavy (non-hydrogen) atoms. The van der Waals surface area contributed by atoms with E-state index in [1.54, 1.807) is 42.5 Å². The number of sulfonamides is 1. The van der Waals surface area contributed by atoms with Crippen LogP contribution in [0.1, 0.15) is 13.8 Å². The summed E-state index contributed by atoms with van der Waals surface area (Å²) in [4.78, 5) is 0.244. The van der Waals surface area contributed by atoms with E-state index in [-0.39, 0.29) is 16.6 Å². The molecule has 5 heteroatoms. The molecule has 0 aliphatic rings. The molecule has 0 saturated carbocycles. The summed E-state index contributed by atoms with van der Waals surface area (Å²) in [5, 5.41) is 9.61. The first-order chi connectivity index (χ1) is 9.91. The van der Waals surface area contributed by atoms with Gasteiger partial charge < -0.3 is 5.11 Å². The number of phenolic OH excluding ortho intramolecular Hbond substituents is 1. The predicted molar refractivity (Wildman–Crippen MR) is 83.9 cm³/mol. The molecule has 0 fully saturated rings. The van der Waals surface area contributed by atoms with Gasteiger partial charge in [-0.05, 0) is 30.2 Å². The third-order valence-electron chi connectivity index (χ3n) is 2.98.